The van der Waals surface area contributed by atoms with Crippen LogP contribution < -0.4 is 0 Å². The maximum absolute atomic E-state index is 9.52. The molecule has 0 saturated heterocycles. The van der Waals surface area contributed by atoms with Crippen LogP contribution in [0.4, 0.5) is 0 Å². The van der Waals surface area contributed by atoms with E-state index in [9.17, 15) is 5.11 Å². The van der Waals surface area contributed by atoms with Crippen molar-refractivity contribution in [3.05, 3.63) is 21.1 Å². The predicted molar refractivity (Wildman–Crippen MR) is 63.5 cm³/mol. The summed E-state index contributed by atoms with van der Waals surface area (Å²) in [4.78, 5) is 0.800. The SMILES string of the molecule is Oc1cc(S)cc2cc(I)sc12. The molecule has 0 amide bonds. The lowest BCUT2D eigenvalue weighted by Crippen LogP contribution is -1.67. The molecule has 0 saturated carbocycles. The molecule has 0 aliphatic heterocycles. The van der Waals surface area contributed by atoms with Crippen molar-refractivity contribution in [1.82, 2.24) is 0 Å². The van der Waals surface area contributed by atoms with Crippen LogP contribution in [0.5, 0.6) is 5.75 Å². The Labute approximate surface area is 93.0 Å². The Morgan fingerprint density at radius 2 is 2.08 bits per heavy atom. The summed E-state index contributed by atoms with van der Waals surface area (Å²) in [6.45, 7) is 0. The van der Waals surface area contributed by atoms with Crippen molar-refractivity contribution in [2.24, 2.45) is 0 Å². The smallest absolute Gasteiger partial charge is 0.134 e. The molecule has 0 aliphatic carbocycles. The number of hydrogen-bond acceptors (Lipinski definition) is 3. The third-order valence-electron chi connectivity index (χ3n) is 1.55. The second-order valence-corrected chi connectivity index (χ2v) is 5.90. The van der Waals surface area contributed by atoms with E-state index in [0.29, 0.717) is 5.75 Å². The maximum Gasteiger partial charge on any atom is 0.134 e. The molecule has 12 heavy (non-hydrogen) atoms. The molecular formula is C8H5IOS2. The van der Waals surface area contributed by atoms with Crippen LogP contribution in [-0.4, -0.2) is 5.11 Å². The standard InChI is InChI=1S/C8H5IOS2/c9-7-2-4-1-5(11)3-6(10)8(4)12-7/h1-3,10-11H. The summed E-state index contributed by atoms with van der Waals surface area (Å²) in [7, 11) is 0. The van der Waals surface area contributed by atoms with Crippen molar-refractivity contribution >= 4 is 56.6 Å². The first-order valence-electron chi connectivity index (χ1n) is 3.28. The number of phenolic OH excluding ortho intramolecular Hbond substituents is 1. The zero-order valence-electron chi connectivity index (χ0n) is 5.91. The highest BCUT2D eigenvalue weighted by atomic mass is 127. The van der Waals surface area contributed by atoms with E-state index in [2.05, 4.69) is 35.2 Å². The van der Waals surface area contributed by atoms with Crippen molar-refractivity contribution in [3.63, 3.8) is 0 Å². The molecule has 2 rings (SSSR count). The second-order valence-electron chi connectivity index (χ2n) is 2.43. The van der Waals surface area contributed by atoms with Crippen LogP contribution in [0.25, 0.3) is 10.1 Å². The fraction of sp³-hybridized carbons (Fsp3) is 0. The van der Waals surface area contributed by atoms with Crippen molar-refractivity contribution in [1.29, 1.82) is 0 Å². The maximum atomic E-state index is 9.52. The lowest BCUT2D eigenvalue weighted by molar-refractivity contribution is 0.481. The van der Waals surface area contributed by atoms with Gasteiger partial charge in [-0.3, -0.25) is 0 Å². The highest BCUT2D eigenvalue weighted by Gasteiger charge is 2.04. The van der Waals surface area contributed by atoms with E-state index in [1.54, 1.807) is 17.4 Å². The van der Waals surface area contributed by atoms with Gasteiger partial charge in [0.1, 0.15) is 5.75 Å². The lowest BCUT2D eigenvalue weighted by Gasteiger charge is -1.95. The molecule has 0 atom stereocenters. The number of phenols is 1. The average Bonchev–Trinajstić information content (AvgIpc) is 2.29. The van der Waals surface area contributed by atoms with Crippen molar-refractivity contribution in [2.45, 2.75) is 4.90 Å². The lowest BCUT2D eigenvalue weighted by atomic mass is 10.2. The predicted octanol–water partition coefficient (Wildman–Crippen LogP) is 3.50. The molecule has 1 aromatic carbocycles. The van der Waals surface area contributed by atoms with Gasteiger partial charge in [-0.1, -0.05) is 0 Å². The van der Waals surface area contributed by atoms with Gasteiger partial charge in [0.05, 0.1) is 7.58 Å². The average molecular weight is 308 g/mol. The number of fused-ring (bicyclic) bond motifs is 1. The molecule has 1 nitrogen and oxygen atoms in total. The van der Waals surface area contributed by atoms with Gasteiger partial charge >= 0.3 is 0 Å². The first kappa shape index (κ1) is 8.65. The van der Waals surface area contributed by atoms with Gasteiger partial charge in [-0.2, -0.15) is 0 Å². The monoisotopic (exact) mass is 308 g/mol. The van der Waals surface area contributed by atoms with Gasteiger partial charge < -0.3 is 5.11 Å². The molecule has 0 bridgehead atoms. The summed E-state index contributed by atoms with van der Waals surface area (Å²) in [5.41, 5.74) is 0. The highest BCUT2D eigenvalue weighted by molar-refractivity contribution is 14.1. The van der Waals surface area contributed by atoms with Crippen LogP contribution in [-0.2, 0) is 0 Å². The Balaban J connectivity index is 2.88. The fourth-order valence-electron chi connectivity index (χ4n) is 1.09. The minimum atomic E-state index is 0.324. The van der Waals surface area contributed by atoms with E-state index < -0.39 is 0 Å². The van der Waals surface area contributed by atoms with Gasteiger partial charge in [-0.05, 0) is 46.2 Å². The molecule has 0 unspecified atom stereocenters. The molecule has 1 N–H and O–H groups in total. The summed E-state index contributed by atoms with van der Waals surface area (Å²) in [5.74, 6) is 0.324. The number of rotatable bonds is 0. The Morgan fingerprint density at radius 3 is 2.83 bits per heavy atom. The number of aromatic hydroxyl groups is 1. The summed E-state index contributed by atoms with van der Waals surface area (Å²) in [6, 6.07) is 5.66. The topological polar surface area (TPSA) is 20.2 Å². The minimum absolute atomic E-state index is 0.324. The van der Waals surface area contributed by atoms with E-state index in [0.717, 1.165) is 15.0 Å². The van der Waals surface area contributed by atoms with E-state index >= 15 is 0 Å². The van der Waals surface area contributed by atoms with E-state index in [-0.39, 0.29) is 0 Å². The van der Waals surface area contributed by atoms with Gasteiger partial charge in [0.15, 0.2) is 0 Å². The van der Waals surface area contributed by atoms with E-state index in [1.165, 1.54) is 2.88 Å². The summed E-state index contributed by atoms with van der Waals surface area (Å²) in [6.07, 6.45) is 0. The van der Waals surface area contributed by atoms with Crippen LogP contribution in [0.1, 0.15) is 0 Å². The highest BCUT2D eigenvalue weighted by Crippen LogP contribution is 2.35. The summed E-state index contributed by atoms with van der Waals surface area (Å²) >= 11 is 8.02. The van der Waals surface area contributed by atoms with Crippen molar-refractivity contribution < 1.29 is 5.11 Å². The number of thiol groups is 1. The van der Waals surface area contributed by atoms with Gasteiger partial charge in [0.25, 0.3) is 0 Å². The molecule has 0 radical (unpaired) electrons. The quantitative estimate of drug-likeness (QED) is 0.564. The molecule has 0 fully saturated rings. The van der Waals surface area contributed by atoms with Crippen LogP contribution >= 0.6 is 46.6 Å². The molecule has 62 valence electrons. The largest absolute Gasteiger partial charge is 0.506 e. The van der Waals surface area contributed by atoms with Gasteiger partial charge in [-0.15, -0.1) is 24.0 Å². The molecule has 0 spiro atoms. The van der Waals surface area contributed by atoms with Crippen LogP contribution in [0, 0.1) is 2.88 Å². The van der Waals surface area contributed by atoms with E-state index in [4.69, 9.17) is 0 Å². The van der Waals surface area contributed by atoms with Crippen LogP contribution in [0.3, 0.4) is 0 Å². The Morgan fingerprint density at radius 1 is 1.33 bits per heavy atom. The Hall–Kier alpha value is 0.0600. The van der Waals surface area contributed by atoms with Crippen molar-refractivity contribution in [2.75, 3.05) is 0 Å². The van der Waals surface area contributed by atoms with E-state index in [1.807, 2.05) is 12.1 Å². The molecule has 2 aromatic rings. The van der Waals surface area contributed by atoms with Crippen LogP contribution in [0.15, 0.2) is 23.1 Å². The molecular weight excluding hydrogens is 303 g/mol. The van der Waals surface area contributed by atoms with Gasteiger partial charge in [0, 0.05) is 4.90 Å². The minimum Gasteiger partial charge on any atom is -0.506 e. The zero-order chi connectivity index (χ0) is 8.72. The van der Waals surface area contributed by atoms with Gasteiger partial charge in [-0.25, -0.2) is 0 Å². The van der Waals surface area contributed by atoms with Gasteiger partial charge in [0.2, 0.25) is 0 Å². The fourth-order valence-corrected chi connectivity index (χ4v) is 3.13. The molecule has 1 heterocycles. The Bertz CT molecular complexity index is 436. The first-order chi connectivity index (χ1) is 5.66. The number of benzene rings is 1. The molecule has 0 aliphatic rings. The van der Waals surface area contributed by atoms with Crippen molar-refractivity contribution in [3.8, 4) is 5.75 Å². The third kappa shape index (κ3) is 1.43. The zero-order valence-corrected chi connectivity index (χ0v) is 9.78. The summed E-state index contributed by atoms with van der Waals surface area (Å²) < 4.78 is 2.12. The number of hydrogen-bond donors (Lipinski definition) is 2. The van der Waals surface area contributed by atoms with Crippen LogP contribution in [0.2, 0.25) is 0 Å². The number of thiophene rings is 1. The Kier molecular flexibility index (Phi) is 2.22. The molecule has 1 aromatic heterocycles. The second kappa shape index (κ2) is 3.08. The molecule has 4 heteroatoms. The number of halogens is 1. The third-order valence-corrected chi connectivity index (χ3v) is 3.74. The summed E-state index contributed by atoms with van der Waals surface area (Å²) in [5, 5.41) is 10.6. The normalized spacial score (nSPS) is 10.8. The first-order valence-corrected chi connectivity index (χ1v) is 5.62.